The van der Waals surface area contributed by atoms with Crippen molar-refractivity contribution in [2.75, 3.05) is 79.3 Å². The molecule has 4 heterocycles. The Balaban J connectivity index is 1.34. The Morgan fingerprint density at radius 3 is 2.41 bits per heavy atom. The lowest BCUT2D eigenvalue weighted by molar-refractivity contribution is -0.0166. The van der Waals surface area contributed by atoms with Gasteiger partial charge in [0.25, 0.3) is 0 Å². The summed E-state index contributed by atoms with van der Waals surface area (Å²) in [6.07, 6.45) is 6.17. The van der Waals surface area contributed by atoms with E-state index in [0.29, 0.717) is 6.04 Å². The molecule has 0 aliphatic carbocycles. The van der Waals surface area contributed by atoms with Gasteiger partial charge in [0.2, 0.25) is 0 Å². The lowest BCUT2D eigenvalue weighted by Crippen LogP contribution is -2.59. The van der Waals surface area contributed by atoms with Gasteiger partial charge in [0.05, 0.1) is 13.2 Å². The van der Waals surface area contributed by atoms with Gasteiger partial charge < -0.3 is 19.7 Å². The van der Waals surface area contributed by atoms with Crippen LogP contribution in [0.1, 0.15) is 32.1 Å². The monoisotopic (exact) mass is 379 g/mol. The summed E-state index contributed by atoms with van der Waals surface area (Å²) in [6, 6.07) is 0.642. The van der Waals surface area contributed by atoms with Crippen molar-refractivity contribution in [3.8, 4) is 0 Å². The molecular formula is C20H37N5O2. The van der Waals surface area contributed by atoms with Crippen LogP contribution in [0.25, 0.3) is 0 Å². The Morgan fingerprint density at radius 1 is 1.00 bits per heavy atom. The van der Waals surface area contributed by atoms with Crippen molar-refractivity contribution in [1.29, 1.82) is 0 Å². The summed E-state index contributed by atoms with van der Waals surface area (Å²) in [5, 5.41) is 3.76. The highest BCUT2D eigenvalue weighted by atomic mass is 16.5. The SMILES string of the molecule is CN=C(NCC1(N2CCCC2)CCOCC1)N1CCC(N2CCOCC2)C1. The fraction of sp³-hybridized carbons (Fsp3) is 0.950. The van der Waals surface area contributed by atoms with Crippen LogP contribution in [0.5, 0.6) is 0 Å². The Morgan fingerprint density at radius 2 is 1.70 bits per heavy atom. The zero-order chi connectivity index (χ0) is 18.5. The van der Waals surface area contributed by atoms with Gasteiger partial charge in [0, 0.05) is 64.6 Å². The van der Waals surface area contributed by atoms with E-state index in [4.69, 9.17) is 9.47 Å². The molecule has 4 aliphatic heterocycles. The van der Waals surface area contributed by atoms with Crippen molar-refractivity contribution < 1.29 is 9.47 Å². The van der Waals surface area contributed by atoms with Crippen LogP contribution in [0.15, 0.2) is 4.99 Å². The van der Waals surface area contributed by atoms with Gasteiger partial charge in [-0.25, -0.2) is 0 Å². The van der Waals surface area contributed by atoms with Crippen molar-refractivity contribution in [2.24, 2.45) is 4.99 Å². The van der Waals surface area contributed by atoms with E-state index in [1.165, 1.54) is 32.4 Å². The molecule has 0 saturated carbocycles. The Kier molecular flexibility index (Phi) is 6.53. The minimum atomic E-state index is 0.244. The van der Waals surface area contributed by atoms with E-state index in [-0.39, 0.29) is 5.54 Å². The Labute approximate surface area is 164 Å². The summed E-state index contributed by atoms with van der Waals surface area (Å²) in [5.41, 5.74) is 0.244. The first-order valence-electron chi connectivity index (χ1n) is 10.9. The molecule has 0 spiro atoms. The molecule has 0 radical (unpaired) electrons. The number of hydrogen-bond donors (Lipinski definition) is 1. The van der Waals surface area contributed by atoms with E-state index >= 15 is 0 Å². The summed E-state index contributed by atoms with van der Waals surface area (Å²) in [4.78, 5) is 12.4. The molecule has 0 amide bonds. The minimum Gasteiger partial charge on any atom is -0.381 e. The number of aliphatic imine (C=N–C) groups is 1. The maximum Gasteiger partial charge on any atom is 0.193 e. The first-order chi connectivity index (χ1) is 13.3. The van der Waals surface area contributed by atoms with Crippen molar-refractivity contribution in [2.45, 2.75) is 43.7 Å². The molecule has 0 bridgehead atoms. The molecule has 4 aliphatic rings. The van der Waals surface area contributed by atoms with Crippen LogP contribution in [0.4, 0.5) is 0 Å². The third-order valence-corrected chi connectivity index (χ3v) is 7.01. The van der Waals surface area contributed by atoms with Crippen molar-refractivity contribution in [3.05, 3.63) is 0 Å². The van der Waals surface area contributed by atoms with Crippen LogP contribution in [-0.2, 0) is 9.47 Å². The van der Waals surface area contributed by atoms with E-state index in [0.717, 1.165) is 78.0 Å². The van der Waals surface area contributed by atoms with Crippen LogP contribution < -0.4 is 5.32 Å². The number of ether oxygens (including phenoxy) is 2. The number of morpholine rings is 1. The maximum atomic E-state index is 5.69. The van der Waals surface area contributed by atoms with Crippen molar-refractivity contribution >= 4 is 5.96 Å². The van der Waals surface area contributed by atoms with Gasteiger partial charge in [-0.15, -0.1) is 0 Å². The van der Waals surface area contributed by atoms with E-state index in [9.17, 15) is 0 Å². The standard InChI is InChI=1S/C20H37N5O2/c1-21-19(24-9-4-18(16-24)23-10-14-27-15-11-23)22-17-20(5-12-26-13-6-20)25-7-2-3-8-25/h18H,2-17H2,1H3,(H,21,22). The topological polar surface area (TPSA) is 52.6 Å². The summed E-state index contributed by atoms with van der Waals surface area (Å²) < 4.78 is 11.2. The van der Waals surface area contributed by atoms with Gasteiger partial charge in [-0.3, -0.25) is 14.8 Å². The molecule has 27 heavy (non-hydrogen) atoms. The molecule has 0 aromatic heterocycles. The van der Waals surface area contributed by atoms with Gasteiger partial charge in [0.1, 0.15) is 0 Å². The van der Waals surface area contributed by atoms with Crippen LogP contribution in [0.2, 0.25) is 0 Å². The quantitative estimate of drug-likeness (QED) is 0.571. The van der Waals surface area contributed by atoms with Crippen LogP contribution in [0, 0.1) is 0 Å². The number of nitrogens with one attached hydrogen (secondary N) is 1. The molecule has 1 unspecified atom stereocenters. The van der Waals surface area contributed by atoms with Gasteiger partial charge >= 0.3 is 0 Å². The molecule has 1 atom stereocenters. The molecule has 154 valence electrons. The van der Waals surface area contributed by atoms with Gasteiger partial charge in [-0.1, -0.05) is 0 Å². The van der Waals surface area contributed by atoms with Crippen LogP contribution in [0.3, 0.4) is 0 Å². The number of nitrogens with zero attached hydrogens (tertiary/aromatic N) is 4. The number of rotatable bonds is 4. The van der Waals surface area contributed by atoms with Crippen LogP contribution in [-0.4, -0.2) is 112 Å². The maximum absolute atomic E-state index is 5.69. The average molecular weight is 380 g/mol. The number of likely N-dealkylation sites (tertiary alicyclic amines) is 2. The lowest BCUT2D eigenvalue weighted by atomic mass is 9.88. The Bertz CT molecular complexity index is 497. The number of hydrogen-bond acceptors (Lipinski definition) is 5. The first-order valence-corrected chi connectivity index (χ1v) is 10.9. The van der Waals surface area contributed by atoms with Crippen LogP contribution >= 0.6 is 0 Å². The van der Waals surface area contributed by atoms with Gasteiger partial charge in [-0.2, -0.15) is 0 Å². The molecule has 0 aromatic carbocycles. The fourth-order valence-corrected chi connectivity index (χ4v) is 5.30. The van der Waals surface area contributed by atoms with E-state index < -0.39 is 0 Å². The average Bonchev–Trinajstić information content (AvgIpc) is 3.43. The molecule has 7 heteroatoms. The molecule has 0 aromatic rings. The molecule has 4 fully saturated rings. The van der Waals surface area contributed by atoms with E-state index in [1.807, 2.05) is 7.05 Å². The highest BCUT2D eigenvalue weighted by Crippen LogP contribution is 2.31. The summed E-state index contributed by atoms with van der Waals surface area (Å²) in [6.45, 7) is 11.3. The second-order valence-electron chi connectivity index (χ2n) is 8.47. The van der Waals surface area contributed by atoms with E-state index in [2.05, 4.69) is 25.0 Å². The minimum absolute atomic E-state index is 0.244. The smallest absolute Gasteiger partial charge is 0.193 e. The Hall–Kier alpha value is -0.890. The lowest BCUT2D eigenvalue weighted by Gasteiger charge is -2.45. The molecule has 1 N–H and O–H groups in total. The summed E-state index contributed by atoms with van der Waals surface area (Å²) in [7, 11) is 1.93. The van der Waals surface area contributed by atoms with Crippen molar-refractivity contribution in [3.63, 3.8) is 0 Å². The largest absolute Gasteiger partial charge is 0.381 e. The zero-order valence-corrected chi connectivity index (χ0v) is 17.0. The molecule has 4 saturated heterocycles. The first kappa shape index (κ1) is 19.4. The highest BCUT2D eigenvalue weighted by molar-refractivity contribution is 5.80. The molecule has 7 nitrogen and oxygen atoms in total. The van der Waals surface area contributed by atoms with Crippen molar-refractivity contribution in [1.82, 2.24) is 20.0 Å². The van der Waals surface area contributed by atoms with E-state index in [1.54, 1.807) is 0 Å². The van der Waals surface area contributed by atoms with Gasteiger partial charge in [0.15, 0.2) is 5.96 Å². The second kappa shape index (κ2) is 9.07. The second-order valence-corrected chi connectivity index (χ2v) is 8.47. The summed E-state index contributed by atoms with van der Waals surface area (Å²) in [5.74, 6) is 1.08. The summed E-state index contributed by atoms with van der Waals surface area (Å²) >= 11 is 0. The normalized spacial score (nSPS) is 30.8. The predicted octanol–water partition coefficient (Wildman–Crippen LogP) is 0.613. The third kappa shape index (κ3) is 4.42. The number of guanidine groups is 1. The molecule has 4 rings (SSSR count). The predicted molar refractivity (Wildman–Crippen MR) is 107 cm³/mol. The zero-order valence-electron chi connectivity index (χ0n) is 17.0. The highest BCUT2D eigenvalue weighted by Gasteiger charge is 2.40. The third-order valence-electron chi connectivity index (χ3n) is 7.01. The van der Waals surface area contributed by atoms with Gasteiger partial charge in [-0.05, 0) is 45.2 Å². The molecular weight excluding hydrogens is 342 g/mol. The fourth-order valence-electron chi connectivity index (χ4n) is 5.30.